The second-order valence-corrected chi connectivity index (χ2v) is 12.2. The molecule has 0 radical (unpaired) electrons. The van der Waals surface area contributed by atoms with Gasteiger partial charge in [-0.15, -0.1) is 0 Å². The number of rotatable bonds is 30. The minimum absolute atomic E-state index is 0.0830. The number of ether oxygens (including phenoxy) is 1. The summed E-state index contributed by atoms with van der Waals surface area (Å²) >= 11 is 0. The first-order valence-electron chi connectivity index (χ1n) is 16.2. The number of nitrogens with one attached hydrogen (secondary N) is 1. The molecule has 0 rings (SSSR count). The third-order valence-electron chi connectivity index (χ3n) is 6.70. The number of amides is 1. The maximum Gasteiger partial charge on any atom is 0.472 e. The minimum Gasteiger partial charge on any atom is -0.463 e. The molecule has 0 aliphatic carbocycles. The molecule has 1 amide bonds. The number of esters is 1. The molecule has 0 fully saturated rings. The van der Waals surface area contributed by atoms with Gasteiger partial charge in [-0.25, -0.2) is 4.57 Å². The normalized spacial score (nSPS) is 13.8. The fourth-order valence-corrected chi connectivity index (χ4v) is 4.95. The van der Waals surface area contributed by atoms with E-state index in [1.807, 2.05) is 0 Å². The Kier molecular flexibility index (Phi) is 28.0. The van der Waals surface area contributed by atoms with Crippen LogP contribution in [0.1, 0.15) is 142 Å². The van der Waals surface area contributed by atoms with Crippen molar-refractivity contribution in [1.29, 1.82) is 0 Å². The number of hydrogen-bond donors (Lipinski definition) is 3. The van der Waals surface area contributed by atoms with Crippen LogP contribution in [-0.2, 0) is 27.9 Å². The van der Waals surface area contributed by atoms with Crippen molar-refractivity contribution in [1.82, 2.24) is 5.32 Å². The smallest absolute Gasteiger partial charge is 0.463 e. The molecule has 41 heavy (non-hydrogen) atoms. The van der Waals surface area contributed by atoms with Gasteiger partial charge in [0.05, 0.1) is 13.2 Å². The summed E-state index contributed by atoms with van der Waals surface area (Å²) in [6, 6.07) is 0. The third kappa shape index (κ3) is 30.0. The number of allylic oxidation sites excluding steroid dienone is 2. The molecular weight excluding hydrogens is 545 g/mol. The lowest BCUT2D eigenvalue weighted by molar-refractivity contribution is -0.147. The number of phosphoric acid groups is 1. The SMILES string of the molecule is CCCCCC/C=C\CCCCCCCC(=O)OCC(O)COP(=O)(O)OCCNC(=O)CCCCCCCCC. The van der Waals surface area contributed by atoms with Crippen molar-refractivity contribution in [3.8, 4) is 0 Å². The van der Waals surface area contributed by atoms with Crippen molar-refractivity contribution >= 4 is 19.7 Å². The van der Waals surface area contributed by atoms with E-state index in [1.54, 1.807) is 0 Å². The molecular formula is C31H60NO8P. The van der Waals surface area contributed by atoms with Crippen molar-refractivity contribution in [2.24, 2.45) is 0 Å². The van der Waals surface area contributed by atoms with Crippen molar-refractivity contribution in [3.05, 3.63) is 12.2 Å². The van der Waals surface area contributed by atoms with E-state index in [-0.39, 0.29) is 32.1 Å². The maximum absolute atomic E-state index is 11.9. The summed E-state index contributed by atoms with van der Waals surface area (Å²) in [6.07, 6.45) is 24.4. The zero-order valence-electron chi connectivity index (χ0n) is 26.0. The zero-order valence-corrected chi connectivity index (χ0v) is 26.9. The van der Waals surface area contributed by atoms with Crippen LogP contribution >= 0.6 is 7.82 Å². The molecule has 0 aromatic rings. The Morgan fingerprint density at radius 2 is 1.24 bits per heavy atom. The summed E-state index contributed by atoms with van der Waals surface area (Å²) < 4.78 is 26.6. The summed E-state index contributed by atoms with van der Waals surface area (Å²) in [5, 5.41) is 12.5. The summed E-state index contributed by atoms with van der Waals surface area (Å²) in [7, 11) is -4.39. The van der Waals surface area contributed by atoms with Gasteiger partial charge in [0.1, 0.15) is 12.7 Å². The second kappa shape index (κ2) is 28.9. The Labute approximate surface area is 249 Å². The molecule has 0 spiro atoms. The Bertz CT molecular complexity index is 704. The maximum atomic E-state index is 11.9. The first kappa shape index (κ1) is 39.8. The summed E-state index contributed by atoms with van der Waals surface area (Å²) in [6.45, 7) is 3.45. The van der Waals surface area contributed by atoms with Crippen LogP contribution in [0.5, 0.6) is 0 Å². The fourth-order valence-electron chi connectivity index (χ4n) is 4.20. The molecule has 2 atom stereocenters. The van der Waals surface area contributed by atoms with Crippen LogP contribution in [0.25, 0.3) is 0 Å². The second-order valence-electron chi connectivity index (χ2n) is 10.8. The summed E-state index contributed by atoms with van der Waals surface area (Å²) in [4.78, 5) is 33.4. The van der Waals surface area contributed by atoms with E-state index in [4.69, 9.17) is 13.8 Å². The molecule has 2 unspecified atom stereocenters. The molecule has 0 aromatic heterocycles. The summed E-state index contributed by atoms with van der Waals surface area (Å²) in [5.74, 6) is -0.532. The number of aliphatic hydroxyl groups excluding tert-OH is 1. The van der Waals surface area contributed by atoms with Gasteiger partial charge in [0.2, 0.25) is 5.91 Å². The molecule has 0 bridgehead atoms. The number of carbonyl (C=O) groups is 2. The molecule has 242 valence electrons. The van der Waals surface area contributed by atoms with E-state index in [2.05, 4.69) is 31.3 Å². The van der Waals surface area contributed by atoms with E-state index in [9.17, 15) is 24.2 Å². The summed E-state index contributed by atoms with van der Waals surface area (Å²) in [5.41, 5.74) is 0. The number of hydrogen-bond acceptors (Lipinski definition) is 7. The van der Waals surface area contributed by atoms with Gasteiger partial charge < -0.3 is 20.1 Å². The Balaban J connectivity index is 3.67. The standard InChI is InChI=1S/C31H60NO8P/c1-3-5-7-9-11-12-13-14-15-16-18-20-22-24-31(35)38-27-29(33)28-40-41(36,37)39-26-25-32-30(34)23-21-19-17-10-8-6-4-2/h12-13,29,33H,3-11,14-28H2,1-2H3,(H,32,34)(H,36,37)/b13-12-. The molecule has 0 saturated carbocycles. The highest BCUT2D eigenvalue weighted by Gasteiger charge is 2.23. The van der Waals surface area contributed by atoms with Crippen molar-refractivity contribution in [2.75, 3.05) is 26.4 Å². The Morgan fingerprint density at radius 1 is 0.732 bits per heavy atom. The first-order chi connectivity index (χ1) is 19.8. The van der Waals surface area contributed by atoms with E-state index in [1.165, 1.54) is 57.8 Å². The number of unbranched alkanes of at least 4 members (excludes halogenated alkanes) is 15. The quantitative estimate of drug-likeness (QED) is 0.0331. The van der Waals surface area contributed by atoms with Gasteiger partial charge in [0.25, 0.3) is 0 Å². The van der Waals surface area contributed by atoms with E-state index >= 15 is 0 Å². The molecule has 10 heteroatoms. The predicted molar refractivity (Wildman–Crippen MR) is 165 cm³/mol. The van der Waals surface area contributed by atoms with E-state index in [0.717, 1.165) is 57.8 Å². The number of aliphatic hydroxyl groups is 1. The topological polar surface area (TPSA) is 131 Å². The average Bonchev–Trinajstić information content (AvgIpc) is 2.95. The highest BCUT2D eigenvalue weighted by Crippen LogP contribution is 2.42. The molecule has 0 aliphatic rings. The van der Waals surface area contributed by atoms with Gasteiger partial charge in [0, 0.05) is 19.4 Å². The van der Waals surface area contributed by atoms with Gasteiger partial charge in [-0.05, 0) is 38.5 Å². The van der Waals surface area contributed by atoms with Crippen LogP contribution < -0.4 is 5.32 Å². The zero-order chi connectivity index (χ0) is 30.4. The Hall–Kier alpha value is -1.25. The van der Waals surface area contributed by atoms with Crippen LogP contribution in [0, 0.1) is 0 Å². The lowest BCUT2D eigenvalue weighted by Gasteiger charge is -2.15. The molecule has 0 heterocycles. The van der Waals surface area contributed by atoms with E-state index in [0.29, 0.717) is 6.42 Å². The minimum atomic E-state index is -4.39. The highest BCUT2D eigenvalue weighted by atomic mass is 31.2. The molecule has 3 N–H and O–H groups in total. The van der Waals surface area contributed by atoms with Crippen molar-refractivity contribution < 1.29 is 37.9 Å². The van der Waals surface area contributed by atoms with Gasteiger partial charge >= 0.3 is 13.8 Å². The van der Waals surface area contributed by atoms with Crippen LogP contribution in [0.15, 0.2) is 12.2 Å². The predicted octanol–water partition coefficient (Wildman–Crippen LogP) is 7.54. The highest BCUT2D eigenvalue weighted by molar-refractivity contribution is 7.47. The molecule has 0 saturated heterocycles. The van der Waals surface area contributed by atoms with Gasteiger partial charge in [-0.2, -0.15) is 0 Å². The average molecular weight is 606 g/mol. The van der Waals surface area contributed by atoms with Crippen LogP contribution in [0.2, 0.25) is 0 Å². The van der Waals surface area contributed by atoms with Crippen LogP contribution in [0.3, 0.4) is 0 Å². The van der Waals surface area contributed by atoms with Crippen molar-refractivity contribution in [3.63, 3.8) is 0 Å². The van der Waals surface area contributed by atoms with Gasteiger partial charge in [0.15, 0.2) is 0 Å². The number of carbonyl (C=O) groups excluding carboxylic acids is 2. The molecule has 0 aromatic carbocycles. The van der Waals surface area contributed by atoms with Crippen LogP contribution in [0.4, 0.5) is 0 Å². The molecule has 0 aliphatic heterocycles. The number of phosphoric ester groups is 1. The monoisotopic (exact) mass is 605 g/mol. The third-order valence-corrected chi connectivity index (χ3v) is 7.68. The van der Waals surface area contributed by atoms with Crippen LogP contribution in [-0.4, -0.2) is 54.3 Å². The lowest BCUT2D eigenvalue weighted by Crippen LogP contribution is -2.27. The largest absolute Gasteiger partial charge is 0.472 e. The first-order valence-corrected chi connectivity index (χ1v) is 17.7. The lowest BCUT2D eigenvalue weighted by atomic mass is 10.1. The van der Waals surface area contributed by atoms with E-state index < -0.39 is 26.5 Å². The van der Waals surface area contributed by atoms with Crippen molar-refractivity contribution in [2.45, 2.75) is 148 Å². The van der Waals surface area contributed by atoms with Gasteiger partial charge in [-0.1, -0.05) is 103 Å². The molecule has 9 nitrogen and oxygen atoms in total. The van der Waals surface area contributed by atoms with Gasteiger partial charge in [-0.3, -0.25) is 18.6 Å². The Morgan fingerprint density at radius 3 is 1.85 bits per heavy atom. The fraction of sp³-hybridized carbons (Fsp3) is 0.871.